The van der Waals surface area contributed by atoms with Crippen molar-refractivity contribution in [2.75, 3.05) is 0 Å². The fraction of sp³-hybridized carbons (Fsp3) is 0.125. The average Bonchev–Trinajstić information content (AvgIpc) is 2.70. The number of aromatic carboxylic acids is 1. The maximum atomic E-state index is 10.9. The van der Waals surface area contributed by atoms with Gasteiger partial charge in [0.15, 0.2) is 0 Å². The highest BCUT2D eigenvalue weighted by molar-refractivity contribution is 7.07. The number of hydrogen-bond acceptors (Lipinski definition) is 5. The van der Waals surface area contributed by atoms with E-state index in [1.54, 1.807) is 17.8 Å². The van der Waals surface area contributed by atoms with Crippen LogP contribution in [0.3, 0.4) is 0 Å². The van der Waals surface area contributed by atoms with E-state index in [1.807, 2.05) is 0 Å². The molecule has 0 fully saturated rings. The number of aryl methyl sites for hydroxylation is 1. The van der Waals surface area contributed by atoms with Crippen LogP contribution < -0.4 is 0 Å². The molecule has 0 amide bonds. The third kappa shape index (κ3) is 1.29. The molecule has 2 rings (SSSR count). The van der Waals surface area contributed by atoms with Gasteiger partial charge < -0.3 is 9.63 Å². The molecule has 0 unspecified atom stereocenters. The molecule has 14 heavy (non-hydrogen) atoms. The number of hydrogen-bond donors (Lipinski definition) is 1. The predicted molar refractivity (Wildman–Crippen MR) is 49.3 cm³/mol. The number of thiazole rings is 1. The van der Waals surface area contributed by atoms with Gasteiger partial charge in [-0.15, -0.1) is 11.3 Å². The lowest BCUT2D eigenvalue weighted by Crippen LogP contribution is -1.99. The molecule has 0 saturated carbocycles. The summed E-state index contributed by atoms with van der Waals surface area (Å²) in [5.41, 5.74) is 2.52. The van der Waals surface area contributed by atoms with Gasteiger partial charge in [-0.05, 0) is 6.92 Å². The summed E-state index contributed by atoms with van der Waals surface area (Å²) in [7, 11) is 0. The first-order valence-electron chi connectivity index (χ1n) is 3.78. The normalized spacial score (nSPS) is 10.4. The monoisotopic (exact) mass is 210 g/mol. The first kappa shape index (κ1) is 8.89. The summed E-state index contributed by atoms with van der Waals surface area (Å²) in [6.07, 6.45) is 0. The molecule has 2 heterocycles. The van der Waals surface area contributed by atoms with Crippen molar-refractivity contribution in [3.8, 4) is 11.4 Å². The first-order chi connectivity index (χ1) is 6.70. The largest absolute Gasteiger partial charge is 0.477 e. The summed E-state index contributed by atoms with van der Waals surface area (Å²) in [5.74, 6) is -0.757. The van der Waals surface area contributed by atoms with Crippen molar-refractivity contribution in [1.82, 2.24) is 10.1 Å². The Morgan fingerprint density at radius 3 is 3.00 bits per heavy atom. The van der Waals surface area contributed by atoms with Crippen molar-refractivity contribution in [3.05, 3.63) is 22.2 Å². The van der Waals surface area contributed by atoms with Gasteiger partial charge in [0.1, 0.15) is 22.7 Å². The maximum Gasteiger partial charge on any atom is 0.341 e. The highest BCUT2D eigenvalue weighted by atomic mass is 32.1. The molecule has 0 aliphatic carbocycles. The van der Waals surface area contributed by atoms with Crippen LogP contribution in [0.1, 0.15) is 16.1 Å². The van der Waals surface area contributed by atoms with Crippen molar-refractivity contribution in [3.63, 3.8) is 0 Å². The Kier molecular flexibility index (Phi) is 2.05. The van der Waals surface area contributed by atoms with Crippen LogP contribution >= 0.6 is 11.3 Å². The van der Waals surface area contributed by atoms with Gasteiger partial charge in [0, 0.05) is 5.38 Å². The van der Waals surface area contributed by atoms with E-state index in [0.29, 0.717) is 11.5 Å². The number of nitrogens with zero attached hydrogens (tertiary/aromatic N) is 2. The minimum absolute atomic E-state index is 0.0795. The van der Waals surface area contributed by atoms with Crippen LogP contribution in [0.2, 0.25) is 0 Å². The quantitative estimate of drug-likeness (QED) is 0.817. The topological polar surface area (TPSA) is 76.2 Å². The van der Waals surface area contributed by atoms with Crippen molar-refractivity contribution in [1.29, 1.82) is 0 Å². The summed E-state index contributed by atoms with van der Waals surface area (Å²) >= 11 is 1.38. The molecule has 0 spiro atoms. The second-order valence-electron chi connectivity index (χ2n) is 2.64. The number of rotatable bonds is 2. The zero-order chi connectivity index (χ0) is 10.1. The molecule has 2 aromatic heterocycles. The SMILES string of the molecule is Cc1onc(-c2cscn2)c1C(=O)O. The Hall–Kier alpha value is -1.69. The Morgan fingerprint density at radius 1 is 1.64 bits per heavy atom. The Balaban J connectivity index is 2.60. The fourth-order valence-electron chi connectivity index (χ4n) is 1.13. The highest BCUT2D eigenvalue weighted by Crippen LogP contribution is 2.24. The molecule has 2 aromatic rings. The van der Waals surface area contributed by atoms with E-state index in [2.05, 4.69) is 10.1 Å². The van der Waals surface area contributed by atoms with Gasteiger partial charge in [0.2, 0.25) is 0 Å². The molecule has 0 aliphatic rings. The minimum atomic E-state index is -1.05. The van der Waals surface area contributed by atoms with E-state index in [4.69, 9.17) is 9.63 Å². The third-order valence-electron chi connectivity index (χ3n) is 1.75. The van der Waals surface area contributed by atoms with Crippen molar-refractivity contribution in [2.24, 2.45) is 0 Å². The number of carbonyl (C=O) groups is 1. The van der Waals surface area contributed by atoms with Crippen LogP contribution in [0.25, 0.3) is 11.4 Å². The minimum Gasteiger partial charge on any atom is -0.477 e. The zero-order valence-electron chi connectivity index (χ0n) is 7.22. The van der Waals surface area contributed by atoms with Crippen molar-refractivity contribution >= 4 is 17.3 Å². The molecular formula is C8H6N2O3S. The van der Waals surface area contributed by atoms with Gasteiger partial charge in [-0.25, -0.2) is 9.78 Å². The predicted octanol–water partition coefficient (Wildman–Crippen LogP) is 1.80. The Bertz CT molecular complexity index is 461. The summed E-state index contributed by atoms with van der Waals surface area (Å²) in [4.78, 5) is 14.9. The standard InChI is InChI=1S/C8H6N2O3S/c1-4-6(8(11)12)7(10-13-4)5-2-14-3-9-5/h2-3H,1H3,(H,11,12). The van der Waals surface area contributed by atoms with Gasteiger partial charge >= 0.3 is 5.97 Å². The van der Waals surface area contributed by atoms with Gasteiger partial charge in [-0.1, -0.05) is 5.16 Å². The molecule has 0 radical (unpaired) electrons. The van der Waals surface area contributed by atoms with Crippen LogP contribution in [0.5, 0.6) is 0 Å². The van der Waals surface area contributed by atoms with Crippen LogP contribution in [0.4, 0.5) is 0 Å². The number of carboxylic acid groups (broad SMARTS) is 1. The van der Waals surface area contributed by atoms with Gasteiger partial charge in [-0.2, -0.15) is 0 Å². The Morgan fingerprint density at radius 2 is 2.43 bits per heavy atom. The second kappa shape index (κ2) is 3.22. The highest BCUT2D eigenvalue weighted by Gasteiger charge is 2.21. The maximum absolute atomic E-state index is 10.9. The first-order valence-corrected chi connectivity index (χ1v) is 4.72. The zero-order valence-corrected chi connectivity index (χ0v) is 8.04. The van der Waals surface area contributed by atoms with E-state index in [-0.39, 0.29) is 11.3 Å². The molecular weight excluding hydrogens is 204 g/mol. The van der Waals surface area contributed by atoms with Crippen molar-refractivity contribution < 1.29 is 14.4 Å². The fourth-order valence-corrected chi connectivity index (χ4v) is 1.66. The van der Waals surface area contributed by atoms with Crippen LogP contribution in [-0.4, -0.2) is 21.2 Å². The van der Waals surface area contributed by atoms with Crippen LogP contribution in [-0.2, 0) is 0 Å². The molecule has 0 aromatic carbocycles. The molecule has 5 nitrogen and oxygen atoms in total. The van der Waals surface area contributed by atoms with E-state index in [0.717, 1.165) is 0 Å². The van der Waals surface area contributed by atoms with E-state index in [1.165, 1.54) is 11.3 Å². The lowest BCUT2D eigenvalue weighted by atomic mass is 10.1. The van der Waals surface area contributed by atoms with E-state index < -0.39 is 5.97 Å². The van der Waals surface area contributed by atoms with Gasteiger partial charge in [0.25, 0.3) is 0 Å². The molecule has 0 saturated heterocycles. The number of carboxylic acids is 1. The van der Waals surface area contributed by atoms with E-state index in [9.17, 15) is 4.79 Å². The van der Waals surface area contributed by atoms with Crippen LogP contribution in [0.15, 0.2) is 15.4 Å². The molecule has 6 heteroatoms. The van der Waals surface area contributed by atoms with Gasteiger partial charge in [-0.3, -0.25) is 0 Å². The lowest BCUT2D eigenvalue weighted by Gasteiger charge is -1.91. The molecule has 0 aliphatic heterocycles. The third-order valence-corrected chi connectivity index (χ3v) is 2.34. The number of aromatic nitrogens is 2. The van der Waals surface area contributed by atoms with E-state index >= 15 is 0 Å². The Labute approximate surface area is 83.0 Å². The summed E-state index contributed by atoms with van der Waals surface area (Å²) in [6, 6.07) is 0. The second-order valence-corrected chi connectivity index (χ2v) is 3.36. The summed E-state index contributed by atoms with van der Waals surface area (Å²) in [6.45, 7) is 1.56. The lowest BCUT2D eigenvalue weighted by molar-refractivity contribution is 0.0695. The molecule has 1 N–H and O–H groups in total. The summed E-state index contributed by atoms with van der Waals surface area (Å²) in [5, 5.41) is 14.3. The smallest absolute Gasteiger partial charge is 0.341 e. The molecule has 0 atom stereocenters. The summed E-state index contributed by atoms with van der Waals surface area (Å²) < 4.78 is 4.81. The molecule has 0 bridgehead atoms. The van der Waals surface area contributed by atoms with Crippen molar-refractivity contribution in [2.45, 2.75) is 6.92 Å². The molecule has 72 valence electrons. The van der Waals surface area contributed by atoms with Crippen LogP contribution in [0, 0.1) is 6.92 Å². The average molecular weight is 210 g/mol. The van der Waals surface area contributed by atoms with Gasteiger partial charge in [0.05, 0.1) is 5.51 Å².